The molecule has 0 fully saturated rings. The van der Waals surface area contributed by atoms with Crippen molar-refractivity contribution in [2.24, 2.45) is 0 Å². The van der Waals surface area contributed by atoms with E-state index in [1.54, 1.807) is 38.3 Å². The average molecular weight is 359 g/mol. The third kappa shape index (κ3) is 5.00. The Hall–Kier alpha value is -2.47. The molecule has 1 amide bonds. The molecule has 0 radical (unpaired) electrons. The van der Waals surface area contributed by atoms with Gasteiger partial charge >= 0.3 is 5.97 Å². The molecule has 0 aliphatic heterocycles. The fourth-order valence-electron chi connectivity index (χ4n) is 2.25. The summed E-state index contributed by atoms with van der Waals surface area (Å²) in [6.45, 7) is 1.65. The lowest BCUT2D eigenvalue weighted by Crippen LogP contribution is -2.44. The van der Waals surface area contributed by atoms with Crippen molar-refractivity contribution < 1.29 is 19.4 Å². The molecule has 2 N–H and O–H groups in total. The summed E-state index contributed by atoms with van der Waals surface area (Å²) < 4.78 is 5.09. The van der Waals surface area contributed by atoms with E-state index in [2.05, 4.69) is 5.32 Å². The van der Waals surface area contributed by atoms with Crippen molar-refractivity contribution >= 4 is 23.6 Å². The second-order valence-electron chi connectivity index (χ2n) is 5.74. The molecule has 2 aromatic carbocycles. The molecular weight excluding hydrogens is 338 g/mol. The number of aliphatic carboxylic acids is 1. The Balaban J connectivity index is 1.91. The monoisotopic (exact) mass is 359 g/mol. The molecule has 0 spiro atoms. The number of nitrogens with one attached hydrogen (secondary N) is 1. The lowest BCUT2D eigenvalue weighted by atomic mass is 9.82. The van der Waals surface area contributed by atoms with Crippen LogP contribution in [0.5, 0.6) is 5.75 Å². The molecule has 0 aliphatic carbocycles. The molecule has 0 aliphatic rings. The maximum Gasteiger partial charge on any atom is 0.315 e. The van der Waals surface area contributed by atoms with Gasteiger partial charge in [-0.3, -0.25) is 9.59 Å². The standard InChI is InChI=1S/C19H21NO4S/c1-19(18(22)23,14-6-4-3-5-7-14)13-20-17(21)12-25-16-10-8-15(24-2)9-11-16/h3-11H,12-13H2,1-2H3,(H,20,21)(H,22,23). The number of carbonyl (C=O) groups is 2. The van der Waals surface area contributed by atoms with Crippen molar-refractivity contribution in [2.75, 3.05) is 19.4 Å². The number of carbonyl (C=O) groups excluding carboxylic acids is 1. The van der Waals surface area contributed by atoms with Gasteiger partial charge in [0.1, 0.15) is 11.2 Å². The third-order valence-electron chi connectivity index (χ3n) is 3.95. The highest BCUT2D eigenvalue weighted by Crippen LogP contribution is 2.24. The van der Waals surface area contributed by atoms with Gasteiger partial charge in [-0.15, -0.1) is 11.8 Å². The number of benzene rings is 2. The molecule has 0 bridgehead atoms. The fourth-order valence-corrected chi connectivity index (χ4v) is 2.98. The predicted octanol–water partition coefficient (Wildman–Crippen LogP) is 2.95. The Kier molecular flexibility index (Phi) is 6.47. The highest BCUT2D eigenvalue weighted by molar-refractivity contribution is 8.00. The number of amides is 1. The molecular formula is C19H21NO4S. The zero-order valence-electron chi connectivity index (χ0n) is 14.2. The van der Waals surface area contributed by atoms with Crippen molar-refractivity contribution in [1.29, 1.82) is 0 Å². The van der Waals surface area contributed by atoms with Gasteiger partial charge in [0.2, 0.25) is 5.91 Å². The van der Waals surface area contributed by atoms with E-state index >= 15 is 0 Å². The second kappa shape index (κ2) is 8.58. The Morgan fingerprint density at radius 1 is 1.12 bits per heavy atom. The lowest BCUT2D eigenvalue weighted by Gasteiger charge is -2.25. The second-order valence-corrected chi connectivity index (χ2v) is 6.79. The molecule has 2 aromatic rings. The largest absolute Gasteiger partial charge is 0.497 e. The van der Waals surface area contributed by atoms with Crippen molar-refractivity contribution in [3.8, 4) is 5.75 Å². The van der Waals surface area contributed by atoms with E-state index in [9.17, 15) is 14.7 Å². The number of ether oxygens (including phenoxy) is 1. The molecule has 0 saturated heterocycles. The van der Waals surface area contributed by atoms with Gasteiger partial charge in [-0.2, -0.15) is 0 Å². The fraction of sp³-hybridized carbons (Fsp3) is 0.263. The minimum absolute atomic E-state index is 0.0361. The van der Waals surface area contributed by atoms with Crippen molar-refractivity contribution in [3.05, 3.63) is 60.2 Å². The molecule has 5 nitrogen and oxygen atoms in total. The first-order chi connectivity index (χ1) is 12.0. The molecule has 0 aromatic heterocycles. The molecule has 0 saturated carbocycles. The Labute approximate surface area is 151 Å². The molecule has 25 heavy (non-hydrogen) atoms. The van der Waals surface area contributed by atoms with Crippen LogP contribution in [0.25, 0.3) is 0 Å². The Morgan fingerprint density at radius 2 is 1.76 bits per heavy atom. The van der Waals surface area contributed by atoms with E-state index in [0.29, 0.717) is 5.56 Å². The van der Waals surface area contributed by atoms with Crippen LogP contribution in [0.15, 0.2) is 59.5 Å². The maximum atomic E-state index is 12.1. The molecule has 0 heterocycles. The summed E-state index contributed by atoms with van der Waals surface area (Å²) >= 11 is 1.39. The summed E-state index contributed by atoms with van der Waals surface area (Å²) in [5.41, 5.74) is -0.507. The van der Waals surface area contributed by atoms with Gasteiger partial charge in [-0.25, -0.2) is 0 Å². The zero-order valence-corrected chi connectivity index (χ0v) is 15.0. The van der Waals surface area contributed by atoms with Crippen molar-refractivity contribution in [3.63, 3.8) is 0 Å². The first-order valence-corrected chi connectivity index (χ1v) is 8.77. The highest BCUT2D eigenvalue weighted by atomic mass is 32.2. The number of carboxylic acid groups (broad SMARTS) is 1. The van der Waals surface area contributed by atoms with Crippen LogP contribution < -0.4 is 10.1 Å². The van der Waals surface area contributed by atoms with Gasteiger partial charge in [0, 0.05) is 11.4 Å². The van der Waals surface area contributed by atoms with E-state index < -0.39 is 11.4 Å². The molecule has 2 rings (SSSR count). The van der Waals surface area contributed by atoms with Crippen LogP contribution >= 0.6 is 11.8 Å². The summed E-state index contributed by atoms with van der Waals surface area (Å²) in [6, 6.07) is 16.3. The maximum absolute atomic E-state index is 12.1. The zero-order chi connectivity index (χ0) is 18.3. The van der Waals surface area contributed by atoms with Crippen LogP contribution in [0, 0.1) is 0 Å². The molecule has 1 unspecified atom stereocenters. The van der Waals surface area contributed by atoms with Crippen LogP contribution in [-0.2, 0) is 15.0 Å². The van der Waals surface area contributed by atoms with Crippen LogP contribution in [0.2, 0.25) is 0 Å². The van der Waals surface area contributed by atoms with Gasteiger partial charge in [0.25, 0.3) is 0 Å². The van der Waals surface area contributed by atoms with Gasteiger partial charge in [-0.05, 0) is 36.8 Å². The number of rotatable bonds is 8. The van der Waals surface area contributed by atoms with Gasteiger partial charge in [0.15, 0.2) is 0 Å². The Morgan fingerprint density at radius 3 is 2.32 bits per heavy atom. The topological polar surface area (TPSA) is 75.6 Å². The van der Waals surface area contributed by atoms with Gasteiger partial charge < -0.3 is 15.2 Å². The summed E-state index contributed by atoms with van der Waals surface area (Å²) in [7, 11) is 1.60. The van der Waals surface area contributed by atoms with E-state index in [-0.39, 0.29) is 18.2 Å². The molecule has 1 atom stereocenters. The predicted molar refractivity (Wildman–Crippen MR) is 98.2 cm³/mol. The van der Waals surface area contributed by atoms with Crippen LogP contribution in [0.3, 0.4) is 0 Å². The summed E-state index contributed by atoms with van der Waals surface area (Å²) in [5, 5.41) is 12.3. The SMILES string of the molecule is COc1ccc(SCC(=O)NCC(C)(C(=O)O)c2ccccc2)cc1. The summed E-state index contributed by atoms with van der Waals surface area (Å²) in [6.07, 6.45) is 0. The quantitative estimate of drug-likeness (QED) is 0.709. The van der Waals surface area contributed by atoms with Crippen LogP contribution in [-0.4, -0.2) is 36.4 Å². The summed E-state index contributed by atoms with van der Waals surface area (Å²) in [4.78, 5) is 24.7. The molecule has 6 heteroatoms. The Bertz CT molecular complexity index is 718. The average Bonchev–Trinajstić information content (AvgIpc) is 2.65. The van der Waals surface area contributed by atoms with Crippen LogP contribution in [0.4, 0.5) is 0 Å². The van der Waals surface area contributed by atoms with E-state index in [1.807, 2.05) is 30.3 Å². The smallest absolute Gasteiger partial charge is 0.315 e. The van der Waals surface area contributed by atoms with E-state index in [1.165, 1.54) is 11.8 Å². The third-order valence-corrected chi connectivity index (χ3v) is 4.96. The number of carboxylic acids is 1. The number of hydrogen-bond acceptors (Lipinski definition) is 4. The number of thioether (sulfide) groups is 1. The molecule has 132 valence electrons. The van der Waals surface area contributed by atoms with Gasteiger partial charge in [0.05, 0.1) is 12.9 Å². The van der Waals surface area contributed by atoms with Crippen LogP contribution in [0.1, 0.15) is 12.5 Å². The number of hydrogen-bond donors (Lipinski definition) is 2. The minimum atomic E-state index is -1.16. The van der Waals surface area contributed by atoms with Crippen molar-refractivity contribution in [2.45, 2.75) is 17.2 Å². The minimum Gasteiger partial charge on any atom is -0.497 e. The normalized spacial score (nSPS) is 12.9. The number of methoxy groups -OCH3 is 1. The highest BCUT2D eigenvalue weighted by Gasteiger charge is 2.35. The first-order valence-electron chi connectivity index (χ1n) is 7.78. The van der Waals surface area contributed by atoms with E-state index in [4.69, 9.17) is 4.74 Å². The van der Waals surface area contributed by atoms with E-state index in [0.717, 1.165) is 10.6 Å². The lowest BCUT2D eigenvalue weighted by molar-refractivity contribution is -0.143. The summed E-state index contributed by atoms with van der Waals surface area (Å²) in [5.74, 6) is -0.198. The first kappa shape index (κ1) is 18.9. The van der Waals surface area contributed by atoms with Crippen molar-refractivity contribution in [1.82, 2.24) is 5.32 Å². The van der Waals surface area contributed by atoms with Gasteiger partial charge in [-0.1, -0.05) is 30.3 Å².